The van der Waals surface area contributed by atoms with Crippen LogP contribution in [0, 0.1) is 35.0 Å². The van der Waals surface area contributed by atoms with Crippen LogP contribution in [0.2, 0.25) is 0 Å². The van der Waals surface area contributed by atoms with E-state index in [4.69, 9.17) is 17.4 Å². The van der Waals surface area contributed by atoms with E-state index in [2.05, 4.69) is 41.5 Å². The highest BCUT2D eigenvalue weighted by molar-refractivity contribution is 7.81. The minimum Gasteiger partial charge on any atom is -0.304 e. The molecule has 0 N–H and O–H groups in total. The third-order valence-corrected chi connectivity index (χ3v) is 8.85. The summed E-state index contributed by atoms with van der Waals surface area (Å²) in [6.07, 6.45) is 13.9. The van der Waals surface area contributed by atoms with E-state index >= 15 is 0 Å². The first kappa shape index (κ1) is 38.2. The van der Waals surface area contributed by atoms with Gasteiger partial charge in [-0.15, -0.1) is 0 Å². The Labute approximate surface area is 221 Å². The third kappa shape index (κ3) is 13.1. The molecule has 0 bridgehead atoms. The van der Waals surface area contributed by atoms with Crippen LogP contribution in [0.5, 0.6) is 0 Å². The maximum absolute atomic E-state index is 11.3. The monoisotopic (exact) mass is 500 g/mol. The quantitative estimate of drug-likeness (QED) is 0.265. The highest BCUT2D eigenvalue weighted by Gasteiger charge is 2.54. The molecule has 0 amide bonds. The van der Waals surface area contributed by atoms with Crippen molar-refractivity contribution in [2.24, 2.45) is 35.0 Å². The number of aldehydes is 1. The molecule has 2 saturated carbocycles. The molecule has 0 spiro atoms. The minimum absolute atomic E-state index is 0.366. The molecule has 2 aliphatic carbocycles. The smallest absolute Gasteiger partial charge is 0.133 e. The summed E-state index contributed by atoms with van der Waals surface area (Å²) >= 11 is 4.84. The van der Waals surface area contributed by atoms with E-state index in [1.807, 2.05) is 27.7 Å². The molecular formula is C31H64O2S. The van der Waals surface area contributed by atoms with E-state index < -0.39 is 0 Å². The van der Waals surface area contributed by atoms with Gasteiger partial charge in [-0.1, -0.05) is 114 Å². The second kappa shape index (κ2) is 23.1. The maximum atomic E-state index is 11.3. The molecule has 0 aliphatic heterocycles. The lowest BCUT2D eigenvalue weighted by Gasteiger charge is -2.59. The summed E-state index contributed by atoms with van der Waals surface area (Å²) in [6.45, 7) is 25.2. The first-order valence-corrected chi connectivity index (χ1v) is 15.2. The van der Waals surface area contributed by atoms with Gasteiger partial charge in [-0.3, -0.25) is 4.79 Å². The van der Waals surface area contributed by atoms with E-state index in [1.165, 1.54) is 64.7 Å². The largest absolute Gasteiger partial charge is 0.304 e. The number of ketones is 1. The van der Waals surface area contributed by atoms with Crippen LogP contribution in [0.3, 0.4) is 0 Å². The SMILES string of the molecule is CC.CC.CC=O.CCC(C(C)=O)C1CCCCC1.CCCCC(C)C1C(CC)C(C)(C)[C@H]1S. The number of hydrogen-bond donors (Lipinski definition) is 1. The van der Waals surface area contributed by atoms with Gasteiger partial charge in [-0.05, 0) is 62.2 Å². The lowest BCUT2D eigenvalue weighted by atomic mass is 9.50. The lowest BCUT2D eigenvalue weighted by Crippen LogP contribution is -2.57. The Hall–Kier alpha value is -0.310. The number of carbonyl (C=O) groups is 2. The molecule has 0 heterocycles. The summed E-state index contributed by atoms with van der Waals surface area (Å²) in [6, 6.07) is 0. The van der Waals surface area contributed by atoms with Gasteiger partial charge >= 0.3 is 0 Å². The van der Waals surface area contributed by atoms with E-state index in [-0.39, 0.29) is 0 Å². The van der Waals surface area contributed by atoms with Crippen LogP contribution >= 0.6 is 12.6 Å². The molecule has 0 saturated heterocycles. The highest BCUT2D eigenvalue weighted by atomic mass is 32.1. The molecule has 2 nitrogen and oxygen atoms in total. The van der Waals surface area contributed by atoms with Gasteiger partial charge < -0.3 is 4.79 Å². The molecule has 4 unspecified atom stereocenters. The zero-order valence-electron chi connectivity index (χ0n) is 25.4. The van der Waals surface area contributed by atoms with Crippen LogP contribution < -0.4 is 0 Å². The van der Waals surface area contributed by atoms with Crippen molar-refractivity contribution in [3.05, 3.63) is 0 Å². The molecule has 2 rings (SSSR count). The summed E-state index contributed by atoms with van der Waals surface area (Å²) in [4.78, 5) is 20.1. The first-order chi connectivity index (χ1) is 16.1. The molecule has 3 heteroatoms. The van der Waals surface area contributed by atoms with Crippen molar-refractivity contribution in [1.82, 2.24) is 0 Å². The minimum atomic E-state index is 0.366. The molecule has 0 aromatic carbocycles. The first-order valence-electron chi connectivity index (χ1n) is 14.7. The van der Waals surface area contributed by atoms with Crippen molar-refractivity contribution in [3.8, 4) is 0 Å². The Morgan fingerprint density at radius 3 is 1.85 bits per heavy atom. The van der Waals surface area contributed by atoms with Crippen molar-refractivity contribution >= 4 is 24.7 Å². The fourth-order valence-electron chi connectivity index (χ4n) is 6.03. The Morgan fingerprint density at radius 1 is 1.03 bits per heavy atom. The third-order valence-electron chi connectivity index (χ3n) is 7.84. The average Bonchev–Trinajstić information content (AvgIpc) is 2.84. The molecule has 5 atom stereocenters. The number of thiol groups is 1. The van der Waals surface area contributed by atoms with Crippen LogP contribution in [-0.2, 0) is 9.59 Å². The van der Waals surface area contributed by atoms with Crippen LogP contribution in [0.25, 0.3) is 0 Å². The number of Topliss-reactive ketones (excluding diaryl/α,β-unsaturated/α-hetero) is 1. The zero-order chi connectivity index (χ0) is 27.3. The Morgan fingerprint density at radius 2 is 1.50 bits per heavy atom. The van der Waals surface area contributed by atoms with Crippen molar-refractivity contribution in [2.45, 2.75) is 153 Å². The number of unbranched alkanes of at least 4 members (excludes halogenated alkanes) is 1. The Bertz CT molecular complexity index is 468. The van der Waals surface area contributed by atoms with Crippen molar-refractivity contribution in [1.29, 1.82) is 0 Å². The maximum Gasteiger partial charge on any atom is 0.133 e. The van der Waals surface area contributed by atoms with Gasteiger partial charge in [-0.2, -0.15) is 12.6 Å². The van der Waals surface area contributed by atoms with Gasteiger partial charge in [0.2, 0.25) is 0 Å². The molecule has 0 aromatic heterocycles. The molecule has 0 radical (unpaired) electrons. The van der Waals surface area contributed by atoms with Crippen LogP contribution in [0.1, 0.15) is 147 Å². The van der Waals surface area contributed by atoms with Crippen LogP contribution in [0.15, 0.2) is 0 Å². The van der Waals surface area contributed by atoms with Crippen molar-refractivity contribution in [2.75, 3.05) is 0 Å². The van der Waals surface area contributed by atoms with Crippen molar-refractivity contribution < 1.29 is 9.59 Å². The summed E-state index contributed by atoms with van der Waals surface area (Å²) in [5.74, 6) is 4.10. The summed E-state index contributed by atoms with van der Waals surface area (Å²) in [5.41, 5.74) is 0.461. The molecule has 206 valence electrons. The fourth-order valence-corrected chi connectivity index (χ4v) is 6.72. The van der Waals surface area contributed by atoms with Gasteiger partial charge in [0.05, 0.1) is 0 Å². The van der Waals surface area contributed by atoms with Gasteiger partial charge in [0.15, 0.2) is 0 Å². The summed E-state index contributed by atoms with van der Waals surface area (Å²) < 4.78 is 0. The second-order valence-corrected chi connectivity index (χ2v) is 10.8. The summed E-state index contributed by atoms with van der Waals surface area (Å²) in [7, 11) is 0. The number of carbonyl (C=O) groups excluding carboxylic acids is 2. The molecule has 2 aliphatic rings. The Kier molecular flexibility index (Phi) is 26.0. The van der Waals surface area contributed by atoms with E-state index in [9.17, 15) is 4.79 Å². The highest BCUT2D eigenvalue weighted by Crippen LogP contribution is 2.58. The molecule has 0 aromatic rings. The van der Waals surface area contributed by atoms with E-state index in [0.29, 0.717) is 28.3 Å². The standard InChI is InChI=1S/C14H28S.C11H20O.C2H4O.2C2H6/c1-6-8-9-10(3)12-11(7-2)14(4,5)13(12)15;1-3-11(9(2)12)10-7-5-4-6-8-10;1-2-3;2*1-2/h10-13,15H,6-9H2,1-5H3;10-11H,3-8H2,1-2H3;2H,1H3;2*1-2H3/t10?,11?,12?,13-;;;;/m0..../s1. The second-order valence-electron chi connectivity index (χ2n) is 10.2. The van der Waals surface area contributed by atoms with Gasteiger partial charge in [-0.25, -0.2) is 0 Å². The summed E-state index contributed by atoms with van der Waals surface area (Å²) in [5, 5.41) is 0.620. The fraction of sp³-hybridized carbons (Fsp3) is 0.935. The molecule has 34 heavy (non-hydrogen) atoms. The predicted octanol–water partition coefficient (Wildman–Crippen LogP) is 10.2. The van der Waals surface area contributed by atoms with Crippen molar-refractivity contribution in [3.63, 3.8) is 0 Å². The van der Waals surface area contributed by atoms with Crippen LogP contribution in [-0.4, -0.2) is 17.3 Å². The van der Waals surface area contributed by atoms with E-state index in [0.717, 1.165) is 30.5 Å². The van der Waals surface area contributed by atoms with Gasteiger partial charge in [0.1, 0.15) is 12.1 Å². The number of hydrogen-bond acceptors (Lipinski definition) is 3. The lowest BCUT2D eigenvalue weighted by molar-refractivity contribution is -0.122. The van der Waals surface area contributed by atoms with Gasteiger partial charge in [0, 0.05) is 11.2 Å². The average molecular weight is 501 g/mol. The van der Waals surface area contributed by atoms with Crippen LogP contribution in [0.4, 0.5) is 0 Å². The molecule has 2 fully saturated rings. The predicted molar refractivity (Wildman–Crippen MR) is 158 cm³/mol. The van der Waals surface area contributed by atoms with E-state index in [1.54, 1.807) is 6.92 Å². The normalized spacial score (nSPS) is 24.4. The topological polar surface area (TPSA) is 34.1 Å². The molecular weight excluding hydrogens is 436 g/mol. The van der Waals surface area contributed by atoms with Gasteiger partial charge in [0.25, 0.3) is 0 Å². The Balaban J connectivity index is -0.000000453. The zero-order valence-corrected chi connectivity index (χ0v) is 26.3. The number of rotatable bonds is 8.